The Hall–Kier alpha value is -2.06. The fraction of sp³-hybridized carbons (Fsp3) is 0.609. The lowest BCUT2D eigenvalue weighted by atomic mass is 10.1. The van der Waals surface area contributed by atoms with Gasteiger partial charge >= 0.3 is 0 Å². The molecule has 1 N–H and O–H groups in total. The molecule has 2 saturated heterocycles. The number of carbonyl (C=O) groups excluding carboxylic acids is 1. The molecule has 3 fully saturated rings. The maximum Gasteiger partial charge on any atom is 0.230 e. The highest BCUT2D eigenvalue weighted by Gasteiger charge is 2.32. The molecule has 1 aromatic heterocycles. The highest BCUT2D eigenvalue weighted by Crippen LogP contribution is 2.41. The lowest BCUT2D eigenvalue weighted by Gasteiger charge is -2.27. The molecule has 166 valence electrons. The lowest BCUT2D eigenvalue weighted by Crippen LogP contribution is -2.38. The topological polar surface area (TPSA) is 66.3 Å². The second-order valence-electron chi connectivity index (χ2n) is 8.99. The molecule has 8 heteroatoms. The first-order valence-electron chi connectivity index (χ1n) is 11.6. The number of piperidine rings is 1. The summed E-state index contributed by atoms with van der Waals surface area (Å²) >= 11 is 1.53. The Morgan fingerprint density at radius 3 is 2.61 bits per heavy atom. The second-order valence-corrected chi connectivity index (χ2v) is 9.94. The average Bonchev–Trinajstić information content (AvgIpc) is 3.40. The van der Waals surface area contributed by atoms with Gasteiger partial charge in [0, 0.05) is 44.8 Å². The zero-order valence-corrected chi connectivity index (χ0v) is 18.9. The molecule has 1 aromatic carbocycles. The first-order valence-corrected chi connectivity index (χ1v) is 12.6. The number of benzene rings is 1. The van der Waals surface area contributed by atoms with Crippen molar-refractivity contribution in [2.75, 3.05) is 36.8 Å². The lowest BCUT2D eigenvalue weighted by molar-refractivity contribution is -0.119. The van der Waals surface area contributed by atoms with Gasteiger partial charge in [0.1, 0.15) is 0 Å². The van der Waals surface area contributed by atoms with E-state index in [9.17, 15) is 4.79 Å². The largest absolute Gasteiger partial charge is 0.351 e. The van der Waals surface area contributed by atoms with Crippen LogP contribution in [-0.2, 0) is 11.3 Å². The van der Waals surface area contributed by atoms with Crippen LogP contribution in [0.4, 0.5) is 5.95 Å². The number of thioether (sulfide) groups is 1. The number of rotatable bonds is 8. The van der Waals surface area contributed by atoms with Gasteiger partial charge in [0.2, 0.25) is 11.9 Å². The third-order valence-electron chi connectivity index (χ3n) is 6.42. The van der Waals surface area contributed by atoms with E-state index in [0.29, 0.717) is 11.8 Å². The van der Waals surface area contributed by atoms with Crippen LogP contribution in [0.5, 0.6) is 0 Å². The number of aromatic nitrogens is 3. The van der Waals surface area contributed by atoms with Gasteiger partial charge in [-0.1, -0.05) is 42.1 Å². The molecular weight excluding hydrogens is 408 g/mol. The normalized spacial score (nSPS) is 22.1. The number of nitrogens with zero attached hydrogens (tertiary/aromatic N) is 5. The standard InChI is InChI=1S/C23H32N6OS/c30-21(24-19-11-14-27(16-19)15-18-7-3-1-4-8-18)17-31-23-26-25-22(29(23)20-9-10-20)28-12-5-2-6-13-28/h1,3-4,7-8,19-20H,2,5-6,9-17H2,(H,24,30). The summed E-state index contributed by atoms with van der Waals surface area (Å²) in [6, 6.07) is 11.3. The summed E-state index contributed by atoms with van der Waals surface area (Å²) in [6.07, 6.45) is 7.16. The van der Waals surface area contributed by atoms with E-state index < -0.39 is 0 Å². The summed E-state index contributed by atoms with van der Waals surface area (Å²) in [4.78, 5) is 17.4. The summed E-state index contributed by atoms with van der Waals surface area (Å²) in [5, 5.41) is 13.1. The van der Waals surface area contributed by atoms with Crippen LogP contribution in [0.25, 0.3) is 0 Å². The van der Waals surface area contributed by atoms with Crippen LogP contribution >= 0.6 is 11.8 Å². The maximum atomic E-state index is 12.6. The molecule has 1 saturated carbocycles. The zero-order valence-electron chi connectivity index (χ0n) is 18.1. The minimum atomic E-state index is 0.0985. The number of likely N-dealkylation sites (tertiary alicyclic amines) is 1. The molecule has 1 amide bonds. The minimum Gasteiger partial charge on any atom is -0.351 e. The van der Waals surface area contributed by atoms with E-state index in [1.54, 1.807) is 0 Å². The summed E-state index contributed by atoms with van der Waals surface area (Å²) in [7, 11) is 0. The number of hydrogen-bond acceptors (Lipinski definition) is 6. The molecule has 31 heavy (non-hydrogen) atoms. The first-order chi connectivity index (χ1) is 15.3. The van der Waals surface area contributed by atoms with Crippen molar-refractivity contribution in [3.63, 3.8) is 0 Å². The van der Waals surface area contributed by atoms with Crippen molar-refractivity contribution >= 4 is 23.6 Å². The summed E-state index contributed by atoms with van der Waals surface area (Å²) < 4.78 is 2.29. The molecular formula is C23H32N6OS. The van der Waals surface area contributed by atoms with Gasteiger partial charge in [-0.25, -0.2) is 0 Å². The quantitative estimate of drug-likeness (QED) is 0.637. The summed E-state index contributed by atoms with van der Waals surface area (Å²) in [5.74, 6) is 1.51. The Morgan fingerprint density at radius 1 is 1.03 bits per heavy atom. The highest BCUT2D eigenvalue weighted by molar-refractivity contribution is 7.99. The van der Waals surface area contributed by atoms with Crippen LogP contribution in [0.2, 0.25) is 0 Å². The average molecular weight is 441 g/mol. The van der Waals surface area contributed by atoms with Gasteiger partial charge in [-0.15, -0.1) is 10.2 Å². The molecule has 2 aromatic rings. The molecule has 1 atom stereocenters. The van der Waals surface area contributed by atoms with Crippen molar-refractivity contribution in [1.29, 1.82) is 0 Å². The van der Waals surface area contributed by atoms with Crippen molar-refractivity contribution in [3.05, 3.63) is 35.9 Å². The van der Waals surface area contributed by atoms with E-state index >= 15 is 0 Å². The number of amides is 1. The van der Waals surface area contributed by atoms with Crippen molar-refractivity contribution in [2.24, 2.45) is 0 Å². The van der Waals surface area contributed by atoms with Gasteiger partial charge in [0.25, 0.3) is 0 Å². The Labute approximate surface area is 188 Å². The molecule has 0 radical (unpaired) electrons. The second kappa shape index (κ2) is 9.61. The van der Waals surface area contributed by atoms with Crippen LogP contribution in [0.3, 0.4) is 0 Å². The first kappa shape index (κ1) is 20.8. The Morgan fingerprint density at radius 2 is 1.84 bits per heavy atom. The molecule has 7 nitrogen and oxygen atoms in total. The Balaban J connectivity index is 1.12. The highest BCUT2D eigenvalue weighted by atomic mass is 32.2. The third kappa shape index (κ3) is 5.23. The SMILES string of the molecule is O=C(CSc1nnc(N2CCCCC2)n1C1CC1)NC1CCN(Cc2ccccc2)C1. The van der Waals surface area contributed by atoms with E-state index in [-0.39, 0.29) is 11.9 Å². The van der Waals surface area contributed by atoms with Gasteiger partial charge in [0.05, 0.1) is 5.75 Å². The fourth-order valence-corrected chi connectivity index (χ4v) is 5.48. The summed E-state index contributed by atoms with van der Waals surface area (Å²) in [5.41, 5.74) is 1.33. The zero-order chi connectivity index (χ0) is 21.0. The molecule has 1 aliphatic carbocycles. The molecule has 3 aliphatic rings. The van der Waals surface area contributed by atoms with E-state index in [4.69, 9.17) is 0 Å². The predicted octanol–water partition coefficient (Wildman–Crippen LogP) is 3.09. The predicted molar refractivity (Wildman–Crippen MR) is 123 cm³/mol. The molecule has 2 aliphatic heterocycles. The number of anilines is 1. The van der Waals surface area contributed by atoms with Crippen LogP contribution < -0.4 is 10.2 Å². The van der Waals surface area contributed by atoms with Crippen molar-refractivity contribution in [3.8, 4) is 0 Å². The number of hydrogen-bond donors (Lipinski definition) is 1. The maximum absolute atomic E-state index is 12.6. The minimum absolute atomic E-state index is 0.0985. The molecule has 5 rings (SSSR count). The van der Waals surface area contributed by atoms with Crippen LogP contribution in [0, 0.1) is 0 Å². The fourth-order valence-electron chi connectivity index (χ4n) is 4.66. The Kier molecular flexibility index (Phi) is 6.45. The van der Waals surface area contributed by atoms with Gasteiger partial charge in [-0.3, -0.25) is 14.3 Å². The number of carbonyl (C=O) groups is 1. The molecule has 1 unspecified atom stereocenters. The van der Waals surface area contributed by atoms with Crippen molar-refractivity contribution < 1.29 is 4.79 Å². The van der Waals surface area contributed by atoms with E-state index in [1.165, 1.54) is 49.4 Å². The van der Waals surface area contributed by atoms with Crippen LogP contribution in [0.15, 0.2) is 35.5 Å². The van der Waals surface area contributed by atoms with Crippen LogP contribution in [-0.4, -0.2) is 63.5 Å². The Bertz CT molecular complexity index is 877. The number of nitrogens with one attached hydrogen (secondary N) is 1. The molecule has 0 spiro atoms. The van der Waals surface area contributed by atoms with Crippen LogP contribution in [0.1, 0.15) is 50.1 Å². The van der Waals surface area contributed by atoms with Gasteiger partial charge in [-0.2, -0.15) is 0 Å². The van der Waals surface area contributed by atoms with Gasteiger partial charge in [0.15, 0.2) is 5.16 Å². The van der Waals surface area contributed by atoms with Gasteiger partial charge in [-0.05, 0) is 44.1 Å². The molecule has 0 bridgehead atoms. The van der Waals surface area contributed by atoms with Gasteiger partial charge < -0.3 is 10.2 Å². The van der Waals surface area contributed by atoms with Crippen molar-refractivity contribution in [1.82, 2.24) is 25.0 Å². The summed E-state index contributed by atoms with van der Waals surface area (Å²) in [6.45, 7) is 5.03. The smallest absolute Gasteiger partial charge is 0.230 e. The monoisotopic (exact) mass is 440 g/mol. The van der Waals surface area contributed by atoms with E-state index in [0.717, 1.165) is 50.2 Å². The molecule has 3 heterocycles. The third-order valence-corrected chi connectivity index (χ3v) is 7.36. The van der Waals surface area contributed by atoms with E-state index in [2.05, 4.69) is 54.1 Å². The van der Waals surface area contributed by atoms with Crippen molar-refractivity contribution in [2.45, 2.75) is 62.3 Å². The van der Waals surface area contributed by atoms with E-state index in [1.807, 2.05) is 6.07 Å².